The van der Waals surface area contributed by atoms with Gasteiger partial charge in [0.1, 0.15) is 10.7 Å². The Morgan fingerprint density at radius 1 is 0.889 bits per heavy atom. The number of carbonyl (C=O) groups excluding carboxylic acids is 3. The zero-order chi connectivity index (χ0) is 25.8. The molecule has 0 saturated carbocycles. The van der Waals surface area contributed by atoms with Crippen LogP contribution >= 0.6 is 23.2 Å². The summed E-state index contributed by atoms with van der Waals surface area (Å²) in [6.45, 7) is 4.44. The lowest BCUT2D eigenvalue weighted by Crippen LogP contribution is -2.33. The molecule has 0 aromatic heterocycles. The van der Waals surface area contributed by atoms with Crippen molar-refractivity contribution in [3.05, 3.63) is 111 Å². The third-order valence-electron chi connectivity index (χ3n) is 5.91. The number of anilines is 1. The van der Waals surface area contributed by atoms with E-state index in [2.05, 4.69) is 24.5 Å². The number of imide groups is 1. The number of halogens is 2. The molecule has 3 amide bonds. The summed E-state index contributed by atoms with van der Waals surface area (Å²) < 4.78 is 0. The summed E-state index contributed by atoms with van der Waals surface area (Å²) in [7, 11) is 0. The topological polar surface area (TPSA) is 78.5 Å². The summed E-state index contributed by atoms with van der Waals surface area (Å²) in [4.78, 5) is 39.3. The molecule has 8 heteroatoms. The Morgan fingerprint density at radius 3 is 2.25 bits per heavy atom. The summed E-state index contributed by atoms with van der Waals surface area (Å²) >= 11 is 12.4. The van der Waals surface area contributed by atoms with Crippen molar-refractivity contribution in [2.45, 2.75) is 32.9 Å². The predicted octanol–water partition coefficient (Wildman–Crippen LogP) is 5.82. The number of hydrogen-bond acceptors (Lipinski definition) is 4. The number of para-hydroxylation sites is 1. The first-order chi connectivity index (χ1) is 17.3. The molecule has 0 fully saturated rings. The molecule has 4 rings (SSSR count). The second-order valence-corrected chi connectivity index (χ2v) is 9.51. The maximum atomic E-state index is 12.9. The number of nitrogens with zero attached hydrogens (tertiary/aromatic N) is 1. The average molecular weight is 522 g/mol. The van der Waals surface area contributed by atoms with Crippen LogP contribution in [0.25, 0.3) is 0 Å². The van der Waals surface area contributed by atoms with Gasteiger partial charge in [-0.2, -0.15) is 0 Å². The normalized spacial score (nSPS) is 13.5. The Balaban J connectivity index is 1.39. The number of carbonyl (C=O) groups is 3. The van der Waals surface area contributed by atoms with Gasteiger partial charge in [-0.3, -0.25) is 19.3 Å². The molecular weight excluding hydrogens is 497 g/mol. The van der Waals surface area contributed by atoms with E-state index in [0.29, 0.717) is 16.1 Å². The fraction of sp³-hybridized carbons (Fsp3) is 0.179. The molecule has 36 heavy (non-hydrogen) atoms. The largest absolute Gasteiger partial charge is 0.375 e. The van der Waals surface area contributed by atoms with Gasteiger partial charge in [0, 0.05) is 22.8 Å². The molecule has 0 unspecified atom stereocenters. The van der Waals surface area contributed by atoms with Gasteiger partial charge in [-0.25, -0.2) is 0 Å². The van der Waals surface area contributed by atoms with Crippen LogP contribution in [0.5, 0.6) is 0 Å². The van der Waals surface area contributed by atoms with Gasteiger partial charge in [0.05, 0.1) is 6.54 Å². The van der Waals surface area contributed by atoms with Gasteiger partial charge < -0.3 is 10.6 Å². The number of hydrogen-bond donors (Lipinski definition) is 2. The molecule has 3 aromatic carbocycles. The van der Waals surface area contributed by atoms with Crippen LogP contribution < -0.4 is 10.6 Å². The predicted molar refractivity (Wildman–Crippen MR) is 142 cm³/mol. The maximum absolute atomic E-state index is 12.9. The summed E-state index contributed by atoms with van der Waals surface area (Å²) in [5.41, 5.74) is 3.87. The molecule has 0 aliphatic carbocycles. The molecule has 1 aliphatic rings. The van der Waals surface area contributed by atoms with E-state index < -0.39 is 11.8 Å². The fourth-order valence-corrected chi connectivity index (χ4v) is 4.36. The molecule has 0 radical (unpaired) electrons. The van der Waals surface area contributed by atoms with E-state index >= 15 is 0 Å². The zero-order valence-electron chi connectivity index (χ0n) is 19.8. The Morgan fingerprint density at radius 2 is 1.56 bits per heavy atom. The molecule has 0 saturated heterocycles. The molecule has 2 N–H and O–H groups in total. The van der Waals surface area contributed by atoms with E-state index in [1.807, 2.05) is 24.3 Å². The van der Waals surface area contributed by atoms with Crippen LogP contribution in [0.3, 0.4) is 0 Å². The smallest absolute Gasteiger partial charge is 0.278 e. The number of amides is 3. The van der Waals surface area contributed by atoms with Gasteiger partial charge in [-0.1, -0.05) is 85.6 Å². The van der Waals surface area contributed by atoms with E-state index in [1.54, 1.807) is 48.5 Å². The Hall–Kier alpha value is -3.61. The lowest BCUT2D eigenvalue weighted by molar-refractivity contribution is -0.138. The summed E-state index contributed by atoms with van der Waals surface area (Å²) in [6.07, 6.45) is 0. The van der Waals surface area contributed by atoms with Crippen molar-refractivity contribution >= 4 is 46.6 Å². The molecule has 0 bridgehead atoms. The van der Waals surface area contributed by atoms with Crippen molar-refractivity contribution < 1.29 is 14.4 Å². The standard InChI is InChI=1S/C28H25Cl2N3O3/c1-17(2)21-8-4-6-10-23(21)32-26(34)19-13-11-18(12-14-19)15-31-25-24(30)27(35)33(28(25)36)16-20-7-3-5-9-22(20)29/h3-14,17,31H,15-16H2,1-2H3,(H,32,34). The third kappa shape index (κ3) is 5.45. The molecule has 1 heterocycles. The summed E-state index contributed by atoms with van der Waals surface area (Å²) in [5, 5.41) is 6.25. The molecule has 184 valence electrons. The van der Waals surface area contributed by atoms with E-state index in [0.717, 1.165) is 21.7 Å². The van der Waals surface area contributed by atoms with Gasteiger partial charge in [-0.15, -0.1) is 0 Å². The van der Waals surface area contributed by atoms with Crippen LogP contribution in [0.2, 0.25) is 5.02 Å². The lowest BCUT2D eigenvalue weighted by Gasteiger charge is -2.16. The van der Waals surface area contributed by atoms with E-state index in [9.17, 15) is 14.4 Å². The third-order valence-corrected chi connectivity index (χ3v) is 6.63. The van der Waals surface area contributed by atoms with E-state index in [-0.39, 0.29) is 35.6 Å². The van der Waals surface area contributed by atoms with Gasteiger partial charge in [-0.05, 0) is 46.9 Å². The number of rotatable bonds is 8. The fourth-order valence-electron chi connectivity index (χ4n) is 3.91. The van der Waals surface area contributed by atoms with Crippen LogP contribution in [0.15, 0.2) is 83.5 Å². The van der Waals surface area contributed by atoms with Gasteiger partial charge >= 0.3 is 0 Å². The molecule has 0 atom stereocenters. The highest BCUT2D eigenvalue weighted by Crippen LogP contribution is 2.27. The van der Waals surface area contributed by atoms with Crippen LogP contribution in [0.4, 0.5) is 5.69 Å². The first-order valence-corrected chi connectivity index (χ1v) is 12.2. The molecular formula is C28H25Cl2N3O3. The Labute approximate surface area is 219 Å². The highest BCUT2D eigenvalue weighted by atomic mass is 35.5. The Bertz CT molecular complexity index is 1350. The quantitative estimate of drug-likeness (QED) is 0.366. The highest BCUT2D eigenvalue weighted by molar-refractivity contribution is 6.47. The highest BCUT2D eigenvalue weighted by Gasteiger charge is 2.37. The van der Waals surface area contributed by atoms with Crippen molar-refractivity contribution in [3.63, 3.8) is 0 Å². The van der Waals surface area contributed by atoms with Crippen molar-refractivity contribution in [3.8, 4) is 0 Å². The van der Waals surface area contributed by atoms with Crippen molar-refractivity contribution in [1.82, 2.24) is 10.2 Å². The van der Waals surface area contributed by atoms with Crippen molar-refractivity contribution in [1.29, 1.82) is 0 Å². The minimum Gasteiger partial charge on any atom is -0.375 e. The molecule has 0 spiro atoms. The average Bonchev–Trinajstić information content (AvgIpc) is 3.07. The van der Waals surface area contributed by atoms with Gasteiger partial charge in [0.25, 0.3) is 17.7 Å². The first-order valence-electron chi connectivity index (χ1n) is 11.5. The zero-order valence-corrected chi connectivity index (χ0v) is 21.4. The molecule has 1 aliphatic heterocycles. The summed E-state index contributed by atoms with van der Waals surface area (Å²) in [6, 6.07) is 21.7. The summed E-state index contributed by atoms with van der Waals surface area (Å²) in [5.74, 6) is -1.01. The second kappa shape index (κ2) is 11.0. The van der Waals surface area contributed by atoms with Crippen molar-refractivity contribution in [2.75, 3.05) is 5.32 Å². The van der Waals surface area contributed by atoms with Crippen molar-refractivity contribution in [2.24, 2.45) is 0 Å². The molecule has 3 aromatic rings. The SMILES string of the molecule is CC(C)c1ccccc1NC(=O)c1ccc(CNC2=C(Cl)C(=O)N(Cc3ccccc3Cl)C2=O)cc1. The second-order valence-electron chi connectivity index (χ2n) is 8.72. The van der Waals surface area contributed by atoms with Gasteiger partial charge in [0.2, 0.25) is 0 Å². The molecule has 6 nitrogen and oxygen atoms in total. The minimum atomic E-state index is -0.571. The number of nitrogens with one attached hydrogen (secondary N) is 2. The van der Waals surface area contributed by atoms with E-state index in [1.165, 1.54) is 0 Å². The monoisotopic (exact) mass is 521 g/mol. The van der Waals surface area contributed by atoms with Crippen LogP contribution in [0, 0.1) is 0 Å². The lowest BCUT2D eigenvalue weighted by atomic mass is 10.0. The first kappa shape index (κ1) is 25.5. The van der Waals surface area contributed by atoms with E-state index in [4.69, 9.17) is 23.2 Å². The van der Waals surface area contributed by atoms with Gasteiger partial charge in [0.15, 0.2) is 0 Å². The van der Waals surface area contributed by atoms with Crippen LogP contribution in [0.1, 0.15) is 46.8 Å². The Kier molecular flexibility index (Phi) is 7.77. The maximum Gasteiger partial charge on any atom is 0.278 e. The van der Waals surface area contributed by atoms with Crippen LogP contribution in [-0.4, -0.2) is 22.6 Å². The van der Waals surface area contributed by atoms with Crippen LogP contribution in [-0.2, 0) is 22.7 Å². The number of benzene rings is 3. The minimum absolute atomic E-state index is 0.0302.